The second-order valence-electron chi connectivity index (χ2n) is 10.7. The van der Waals surface area contributed by atoms with Crippen LogP contribution < -0.4 is 0 Å². The van der Waals surface area contributed by atoms with E-state index < -0.39 is 0 Å². The van der Waals surface area contributed by atoms with E-state index in [0.717, 1.165) is 32.1 Å². The summed E-state index contributed by atoms with van der Waals surface area (Å²) in [5.74, 6) is 0.327. The van der Waals surface area contributed by atoms with E-state index >= 15 is 0 Å². The lowest BCUT2D eigenvalue weighted by Gasteiger charge is -2.39. The van der Waals surface area contributed by atoms with Gasteiger partial charge in [0, 0.05) is 0 Å². The van der Waals surface area contributed by atoms with Gasteiger partial charge in [-0.2, -0.15) is 0 Å². The van der Waals surface area contributed by atoms with E-state index in [4.69, 9.17) is 4.74 Å². The van der Waals surface area contributed by atoms with E-state index in [1.165, 1.54) is 31.2 Å². The summed E-state index contributed by atoms with van der Waals surface area (Å²) in [4.78, 5) is 12.9. The molecule has 0 bridgehead atoms. The maximum absolute atomic E-state index is 12.9. The molecule has 0 aromatic heterocycles. The molecule has 0 saturated heterocycles. The molecule has 0 spiro atoms. The van der Waals surface area contributed by atoms with Crippen LogP contribution in [-0.4, -0.2) is 11.6 Å². The average molecular weight is 401 g/mol. The van der Waals surface area contributed by atoms with Crippen LogP contribution >= 0.6 is 0 Å². The highest BCUT2D eigenvalue weighted by Crippen LogP contribution is 2.46. The molecule has 0 amide bonds. The second-order valence-corrected chi connectivity index (χ2v) is 10.7. The van der Waals surface area contributed by atoms with Crippen LogP contribution in [0.5, 0.6) is 0 Å². The standard InChI is InChI=1S/C27H44O2/c1-8-25(4,5)20-23(26(6,7)9-2)21-14-16-22(17-15-21)24(28)29-27(10-3)18-12-11-13-19-27/h14-17,23H,8-13,18-20H2,1-7H3. The molecule has 0 heterocycles. The van der Waals surface area contributed by atoms with E-state index in [2.05, 4.69) is 60.6 Å². The van der Waals surface area contributed by atoms with Crippen molar-refractivity contribution in [3.63, 3.8) is 0 Å². The first-order valence-corrected chi connectivity index (χ1v) is 11.9. The summed E-state index contributed by atoms with van der Waals surface area (Å²) in [5.41, 5.74) is 2.32. The van der Waals surface area contributed by atoms with Gasteiger partial charge in [0.1, 0.15) is 5.60 Å². The minimum atomic E-state index is -0.244. The first-order valence-electron chi connectivity index (χ1n) is 11.9. The molecule has 2 heteroatoms. The third-order valence-corrected chi connectivity index (χ3v) is 7.84. The average Bonchev–Trinajstić information content (AvgIpc) is 2.72. The minimum absolute atomic E-state index is 0.152. The van der Waals surface area contributed by atoms with Crippen LogP contribution in [0.15, 0.2) is 24.3 Å². The maximum Gasteiger partial charge on any atom is 0.338 e. The molecular formula is C27H44O2. The van der Waals surface area contributed by atoms with Crippen LogP contribution in [0.4, 0.5) is 0 Å². The molecule has 1 aliphatic carbocycles. The van der Waals surface area contributed by atoms with E-state index in [-0.39, 0.29) is 17.0 Å². The van der Waals surface area contributed by atoms with Gasteiger partial charge in [0.2, 0.25) is 0 Å². The number of hydrogen-bond donors (Lipinski definition) is 0. The van der Waals surface area contributed by atoms with Crippen LogP contribution in [0.1, 0.15) is 128 Å². The molecule has 2 rings (SSSR count). The number of esters is 1. The van der Waals surface area contributed by atoms with Gasteiger partial charge in [-0.1, -0.05) is 79.9 Å². The molecule has 1 saturated carbocycles. The molecule has 164 valence electrons. The molecule has 1 unspecified atom stereocenters. The van der Waals surface area contributed by atoms with Crippen molar-refractivity contribution in [1.82, 2.24) is 0 Å². The Balaban J connectivity index is 2.20. The van der Waals surface area contributed by atoms with Gasteiger partial charge in [-0.3, -0.25) is 0 Å². The van der Waals surface area contributed by atoms with Crippen molar-refractivity contribution < 1.29 is 9.53 Å². The Hall–Kier alpha value is -1.31. The third kappa shape index (κ3) is 6.09. The van der Waals surface area contributed by atoms with Gasteiger partial charge in [-0.15, -0.1) is 0 Å². The summed E-state index contributed by atoms with van der Waals surface area (Å²) in [6.07, 6.45) is 9.99. The fourth-order valence-corrected chi connectivity index (χ4v) is 4.62. The number of benzene rings is 1. The molecule has 0 radical (unpaired) electrons. The van der Waals surface area contributed by atoms with Crippen LogP contribution in [0.2, 0.25) is 0 Å². The molecule has 1 aromatic rings. The Bertz CT molecular complexity index is 648. The molecule has 1 fully saturated rings. The molecule has 2 nitrogen and oxygen atoms in total. The summed E-state index contributed by atoms with van der Waals surface area (Å²) < 4.78 is 6.06. The Morgan fingerprint density at radius 3 is 2.03 bits per heavy atom. The Morgan fingerprint density at radius 2 is 1.55 bits per heavy atom. The molecule has 29 heavy (non-hydrogen) atoms. The molecule has 1 atom stereocenters. The van der Waals surface area contributed by atoms with Crippen molar-refractivity contribution in [2.24, 2.45) is 10.8 Å². The minimum Gasteiger partial charge on any atom is -0.455 e. The van der Waals surface area contributed by atoms with Crippen molar-refractivity contribution in [2.75, 3.05) is 0 Å². The first kappa shape index (κ1) is 24.0. The van der Waals surface area contributed by atoms with Crippen LogP contribution in [-0.2, 0) is 4.74 Å². The zero-order valence-electron chi connectivity index (χ0n) is 20.1. The summed E-state index contributed by atoms with van der Waals surface area (Å²) in [5, 5.41) is 0. The van der Waals surface area contributed by atoms with Crippen molar-refractivity contribution in [3.8, 4) is 0 Å². The third-order valence-electron chi connectivity index (χ3n) is 7.84. The lowest BCUT2D eigenvalue weighted by atomic mass is 9.66. The first-order chi connectivity index (χ1) is 13.6. The van der Waals surface area contributed by atoms with Crippen LogP contribution in [0, 0.1) is 10.8 Å². The number of ether oxygens (including phenoxy) is 1. The molecule has 0 aliphatic heterocycles. The second kappa shape index (κ2) is 9.67. The van der Waals surface area contributed by atoms with Crippen molar-refractivity contribution in [1.29, 1.82) is 0 Å². The topological polar surface area (TPSA) is 26.3 Å². The van der Waals surface area contributed by atoms with Gasteiger partial charge < -0.3 is 4.74 Å². The highest BCUT2D eigenvalue weighted by molar-refractivity contribution is 5.89. The van der Waals surface area contributed by atoms with E-state index in [1.807, 2.05) is 12.1 Å². The smallest absolute Gasteiger partial charge is 0.338 e. The van der Waals surface area contributed by atoms with Crippen molar-refractivity contribution in [2.45, 2.75) is 118 Å². The zero-order chi connectivity index (χ0) is 21.7. The molecule has 0 N–H and O–H groups in total. The van der Waals surface area contributed by atoms with Crippen LogP contribution in [0.25, 0.3) is 0 Å². The molecular weight excluding hydrogens is 356 g/mol. The Kier molecular flexibility index (Phi) is 7.99. The fourth-order valence-electron chi connectivity index (χ4n) is 4.62. The Morgan fingerprint density at radius 1 is 0.966 bits per heavy atom. The van der Waals surface area contributed by atoms with Gasteiger partial charge in [0.25, 0.3) is 0 Å². The summed E-state index contributed by atoms with van der Waals surface area (Å²) >= 11 is 0. The predicted molar refractivity (Wildman–Crippen MR) is 123 cm³/mol. The van der Waals surface area contributed by atoms with E-state index in [9.17, 15) is 4.79 Å². The van der Waals surface area contributed by atoms with E-state index in [1.54, 1.807) is 0 Å². The SMILES string of the molecule is CCC(C)(C)CC(c1ccc(C(=O)OC2(CC)CCCCC2)cc1)C(C)(C)CC. The van der Waals surface area contributed by atoms with Gasteiger partial charge in [-0.05, 0) is 73.0 Å². The highest BCUT2D eigenvalue weighted by Gasteiger charge is 2.35. The maximum atomic E-state index is 12.9. The van der Waals surface area contributed by atoms with Gasteiger partial charge in [0.15, 0.2) is 0 Å². The van der Waals surface area contributed by atoms with Crippen molar-refractivity contribution >= 4 is 5.97 Å². The zero-order valence-corrected chi connectivity index (χ0v) is 20.1. The lowest BCUT2D eigenvalue weighted by molar-refractivity contribution is -0.0397. The summed E-state index contributed by atoms with van der Waals surface area (Å²) in [6.45, 7) is 16.2. The van der Waals surface area contributed by atoms with Gasteiger partial charge >= 0.3 is 5.97 Å². The fraction of sp³-hybridized carbons (Fsp3) is 0.741. The van der Waals surface area contributed by atoms with Gasteiger partial charge in [0.05, 0.1) is 5.56 Å². The number of rotatable bonds is 9. The molecule has 1 aromatic carbocycles. The summed E-state index contributed by atoms with van der Waals surface area (Å²) in [6, 6.07) is 8.32. The lowest BCUT2D eigenvalue weighted by Crippen LogP contribution is -2.36. The van der Waals surface area contributed by atoms with Gasteiger partial charge in [-0.25, -0.2) is 4.79 Å². The number of carbonyl (C=O) groups is 1. The van der Waals surface area contributed by atoms with E-state index in [0.29, 0.717) is 16.9 Å². The highest BCUT2D eigenvalue weighted by atomic mass is 16.6. The molecule has 1 aliphatic rings. The predicted octanol–water partition coefficient (Wildman–Crippen LogP) is 8.30. The monoisotopic (exact) mass is 400 g/mol. The summed E-state index contributed by atoms with van der Waals surface area (Å²) in [7, 11) is 0. The number of carbonyl (C=O) groups excluding carboxylic acids is 1. The normalized spacial score (nSPS) is 18.3. The van der Waals surface area contributed by atoms with Crippen molar-refractivity contribution in [3.05, 3.63) is 35.4 Å². The Labute approximate surface area is 179 Å². The quantitative estimate of drug-likeness (QED) is 0.390. The number of hydrogen-bond acceptors (Lipinski definition) is 2. The van der Waals surface area contributed by atoms with Crippen LogP contribution in [0.3, 0.4) is 0 Å². The largest absolute Gasteiger partial charge is 0.455 e.